The Bertz CT molecular complexity index is 504. The first-order valence-electron chi connectivity index (χ1n) is 6.79. The van der Waals surface area contributed by atoms with Crippen LogP contribution >= 0.6 is 11.8 Å². The molecule has 0 aromatic heterocycles. The molecule has 1 aromatic carbocycles. The van der Waals surface area contributed by atoms with Crippen molar-refractivity contribution < 1.29 is 14.7 Å². The third-order valence-corrected chi connectivity index (χ3v) is 4.43. The number of carbonyl (C=O) groups is 2. The molecule has 1 N–H and O–H groups in total. The predicted octanol–water partition coefficient (Wildman–Crippen LogP) is 2.55. The molecule has 1 fully saturated rings. The van der Waals surface area contributed by atoms with E-state index in [-0.39, 0.29) is 5.91 Å². The number of amides is 1. The predicted molar refractivity (Wildman–Crippen MR) is 78.9 cm³/mol. The van der Waals surface area contributed by atoms with Crippen LogP contribution in [0.5, 0.6) is 0 Å². The number of carbonyl (C=O) groups excluding carboxylic acids is 1. The van der Waals surface area contributed by atoms with Crippen LogP contribution in [0.25, 0.3) is 0 Å². The fraction of sp³-hybridized carbons (Fsp3) is 0.467. The lowest BCUT2D eigenvalue weighted by Gasteiger charge is -2.21. The number of hydrogen-bond donors (Lipinski definition) is 1. The summed E-state index contributed by atoms with van der Waals surface area (Å²) in [6, 6.07) is 7.53. The van der Waals surface area contributed by atoms with E-state index in [1.165, 1.54) is 10.5 Å². The van der Waals surface area contributed by atoms with E-state index in [4.69, 9.17) is 5.11 Å². The quantitative estimate of drug-likeness (QED) is 0.848. The van der Waals surface area contributed by atoms with Gasteiger partial charge in [-0.15, -0.1) is 11.8 Å². The second-order valence-corrected chi connectivity index (χ2v) is 6.17. The molecule has 0 saturated carbocycles. The van der Waals surface area contributed by atoms with E-state index in [1.54, 1.807) is 11.8 Å². The van der Waals surface area contributed by atoms with E-state index in [0.717, 1.165) is 11.3 Å². The number of carboxylic acids is 1. The van der Waals surface area contributed by atoms with E-state index in [0.29, 0.717) is 25.1 Å². The molecule has 2 rings (SSSR count). The van der Waals surface area contributed by atoms with Crippen LogP contribution in [0.2, 0.25) is 0 Å². The average Bonchev–Trinajstić information content (AvgIpc) is 2.88. The maximum atomic E-state index is 12.1. The average molecular weight is 293 g/mol. The molecule has 1 aromatic rings. The second kappa shape index (κ2) is 6.79. The van der Waals surface area contributed by atoms with E-state index >= 15 is 0 Å². The SMILES string of the molecule is Cc1cccc(SCCC(=O)N2CCCC2C(=O)O)c1. The van der Waals surface area contributed by atoms with Gasteiger partial charge in [-0.3, -0.25) is 4.79 Å². The summed E-state index contributed by atoms with van der Waals surface area (Å²) in [6.07, 6.45) is 1.75. The van der Waals surface area contributed by atoms with Crippen molar-refractivity contribution in [1.29, 1.82) is 0 Å². The van der Waals surface area contributed by atoms with Crippen molar-refractivity contribution >= 4 is 23.6 Å². The van der Waals surface area contributed by atoms with Gasteiger partial charge < -0.3 is 10.0 Å². The highest BCUT2D eigenvalue weighted by molar-refractivity contribution is 7.99. The number of likely N-dealkylation sites (tertiary alicyclic amines) is 1. The maximum Gasteiger partial charge on any atom is 0.326 e. The van der Waals surface area contributed by atoms with Gasteiger partial charge in [-0.25, -0.2) is 4.79 Å². The highest BCUT2D eigenvalue weighted by Crippen LogP contribution is 2.22. The van der Waals surface area contributed by atoms with Gasteiger partial charge in [-0.1, -0.05) is 17.7 Å². The molecule has 108 valence electrons. The molecule has 1 atom stereocenters. The highest BCUT2D eigenvalue weighted by atomic mass is 32.2. The van der Waals surface area contributed by atoms with Crippen molar-refractivity contribution in [3.63, 3.8) is 0 Å². The number of carboxylic acid groups (broad SMARTS) is 1. The van der Waals surface area contributed by atoms with Crippen LogP contribution in [-0.4, -0.2) is 40.2 Å². The number of hydrogen-bond acceptors (Lipinski definition) is 3. The number of aryl methyl sites for hydroxylation is 1. The molecule has 4 nitrogen and oxygen atoms in total. The minimum atomic E-state index is -0.887. The van der Waals surface area contributed by atoms with Crippen molar-refractivity contribution in [3.8, 4) is 0 Å². The van der Waals surface area contributed by atoms with Crippen LogP contribution in [0.15, 0.2) is 29.2 Å². The molecule has 0 bridgehead atoms. The lowest BCUT2D eigenvalue weighted by Crippen LogP contribution is -2.40. The number of aliphatic carboxylic acids is 1. The van der Waals surface area contributed by atoms with Crippen LogP contribution in [0.4, 0.5) is 0 Å². The largest absolute Gasteiger partial charge is 0.480 e. The second-order valence-electron chi connectivity index (χ2n) is 5.00. The summed E-state index contributed by atoms with van der Waals surface area (Å²) in [5.74, 6) is -0.247. The first kappa shape index (κ1) is 14.9. The number of benzene rings is 1. The summed E-state index contributed by atoms with van der Waals surface area (Å²) in [7, 11) is 0. The van der Waals surface area contributed by atoms with Gasteiger partial charge in [-0.05, 0) is 31.9 Å². The first-order chi connectivity index (χ1) is 9.58. The zero-order valence-corrected chi connectivity index (χ0v) is 12.4. The zero-order chi connectivity index (χ0) is 14.5. The van der Waals surface area contributed by atoms with Crippen LogP contribution in [0, 0.1) is 6.92 Å². The normalized spacial score (nSPS) is 18.2. The first-order valence-corrected chi connectivity index (χ1v) is 7.78. The summed E-state index contributed by atoms with van der Waals surface area (Å²) in [5, 5.41) is 9.07. The standard InChI is InChI=1S/C15H19NO3S/c1-11-4-2-5-12(10-11)20-9-7-14(17)16-8-3-6-13(16)15(18)19/h2,4-5,10,13H,3,6-9H2,1H3,(H,18,19). The molecule has 1 amide bonds. The molecular formula is C15H19NO3S. The monoisotopic (exact) mass is 293 g/mol. The smallest absolute Gasteiger partial charge is 0.326 e. The maximum absolute atomic E-state index is 12.1. The molecule has 1 unspecified atom stereocenters. The minimum Gasteiger partial charge on any atom is -0.480 e. The lowest BCUT2D eigenvalue weighted by atomic mass is 10.2. The van der Waals surface area contributed by atoms with E-state index in [1.807, 2.05) is 25.1 Å². The van der Waals surface area contributed by atoms with E-state index in [2.05, 4.69) is 6.07 Å². The van der Waals surface area contributed by atoms with Crippen molar-refractivity contribution in [3.05, 3.63) is 29.8 Å². The Morgan fingerprint density at radius 1 is 1.45 bits per heavy atom. The van der Waals surface area contributed by atoms with E-state index in [9.17, 15) is 9.59 Å². The van der Waals surface area contributed by atoms with Gasteiger partial charge in [0.25, 0.3) is 0 Å². The summed E-state index contributed by atoms with van der Waals surface area (Å²) in [6.45, 7) is 2.61. The Labute approximate surface area is 123 Å². The summed E-state index contributed by atoms with van der Waals surface area (Å²) in [4.78, 5) is 25.8. The number of thioether (sulfide) groups is 1. The van der Waals surface area contributed by atoms with Gasteiger partial charge in [0.1, 0.15) is 6.04 Å². The highest BCUT2D eigenvalue weighted by Gasteiger charge is 2.33. The Morgan fingerprint density at radius 3 is 2.95 bits per heavy atom. The molecule has 0 aliphatic carbocycles. The molecular weight excluding hydrogens is 274 g/mol. The summed E-state index contributed by atoms with van der Waals surface area (Å²) in [5.41, 5.74) is 1.20. The lowest BCUT2D eigenvalue weighted by molar-refractivity contribution is -0.148. The summed E-state index contributed by atoms with van der Waals surface area (Å²) >= 11 is 1.64. The molecule has 1 aliphatic heterocycles. The van der Waals surface area contributed by atoms with Gasteiger partial charge in [0.05, 0.1) is 0 Å². The van der Waals surface area contributed by atoms with Crippen LogP contribution in [-0.2, 0) is 9.59 Å². The van der Waals surface area contributed by atoms with Gasteiger partial charge in [0.2, 0.25) is 5.91 Å². The van der Waals surface area contributed by atoms with Crippen LogP contribution < -0.4 is 0 Å². The van der Waals surface area contributed by atoms with Gasteiger partial charge in [0, 0.05) is 23.6 Å². The Kier molecular flexibility index (Phi) is 5.06. The fourth-order valence-corrected chi connectivity index (χ4v) is 3.38. The van der Waals surface area contributed by atoms with E-state index < -0.39 is 12.0 Å². The van der Waals surface area contributed by atoms with Crippen molar-refractivity contribution in [2.45, 2.75) is 37.1 Å². The Balaban J connectivity index is 1.82. The third-order valence-electron chi connectivity index (χ3n) is 3.43. The zero-order valence-electron chi connectivity index (χ0n) is 11.5. The molecule has 0 radical (unpaired) electrons. The number of nitrogens with zero attached hydrogens (tertiary/aromatic N) is 1. The Hall–Kier alpha value is -1.49. The molecule has 1 aliphatic rings. The minimum absolute atomic E-state index is 0.0462. The summed E-state index contributed by atoms with van der Waals surface area (Å²) < 4.78 is 0. The van der Waals surface area contributed by atoms with Gasteiger partial charge >= 0.3 is 5.97 Å². The fourth-order valence-electron chi connectivity index (χ4n) is 2.43. The molecule has 0 spiro atoms. The third kappa shape index (κ3) is 3.76. The Morgan fingerprint density at radius 2 is 2.25 bits per heavy atom. The van der Waals surface area contributed by atoms with Crippen molar-refractivity contribution in [2.75, 3.05) is 12.3 Å². The molecule has 5 heteroatoms. The van der Waals surface area contributed by atoms with Gasteiger partial charge in [0.15, 0.2) is 0 Å². The topological polar surface area (TPSA) is 57.6 Å². The molecule has 1 heterocycles. The number of rotatable bonds is 5. The molecule has 20 heavy (non-hydrogen) atoms. The van der Waals surface area contributed by atoms with Crippen molar-refractivity contribution in [1.82, 2.24) is 4.90 Å². The van der Waals surface area contributed by atoms with Crippen LogP contribution in [0.1, 0.15) is 24.8 Å². The van der Waals surface area contributed by atoms with Crippen LogP contribution in [0.3, 0.4) is 0 Å². The van der Waals surface area contributed by atoms with Crippen molar-refractivity contribution in [2.24, 2.45) is 0 Å². The molecule has 1 saturated heterocycles. The van der Waals surface area contributed by atoms with Gasteiger partial charge in [-0.2, -0.15) is 0 Å².